The van der Waals surface area contributed by atoms with Crippen LogP contribution >= 0.6 is 11.3 Å². The summed E-state index contributed by atoms with van der Waals surface area (Å²) in [6, 6.07) is -0.392. The van der Waals surface area contributed by atoms with Gasteiger partial charge in [-0.15, -0.1) is 11.3 Å². The third-order valence-corrected chi connectivity index (χ3v) is 3.02. The summed E-state index contributed by atoms with van der Waals surface area (Å²) in [6.07, 6.45) is 3.27. The predicted octanol–water partition coefficient (Wildman–Crippen LogP) is 1.18. The molecule has 1 amide bonds. The van der Waals surface area contributed by atoms with Gasteiger partial charge < -0.3 is 11.1 Å². The van der Waals surface area contributed by atoms with Gasteiger partial charge in [-0.25, -0.2) is 4.98 Å². The number of amides is 1. The van der Waals surface area contributed by atoms with E-state index in [1.807, 2.05) is 5.38 Å². The molecular formula is C11H19N3OS. The summed E-state index contributed by atoms with van der Waals surface area (Å²) in [7, 11) is 0. The van der Waals surface area contributed by atoms with Gasteiger partial charge in [0.1, 0.15) is 0 Å². The molecule has 0 saturated carbocycles. The molecule has 5 heteroatoms. The van der Waals surface area contributed by atoms with Crippen molar-refractivity contribution >= 4 is 17.2 Å². The van der Waals surface area contributed by atoms with Crippen LogP contribution in [-0.4, -0.2) is 23.5 Å². The van der Waals surface area contributed by atoms with Crippen LogP contribution in [0.25, 0.3) is 0 Å². The number of hydrogen-bond donors (Lipinski definition) is 2. The van der Waals surface area contributed by atoms with Crippen LogP contribution in [0.15, 0.2) is 11.6 Å². The average Bonchev–Trinajstić information content (AvgIpc) is 2.69. The van der Waals surface area contributed by atoms with Crippen LogP contribution < -0.4 is 11.1 Å². The summed E-state index contributed by atoms with van der Waals surface area (Å²) in [5.41, 5.74) is 5.75. The van der Waals surface area contributed by atoms with Gasteiger partial charge in [-0.2, -0.15) is 0 Å². The van der Waals surface area contributed by atoms with Gasteiger partial charge in [-0.1, -0.05) is 13.8 Å². The normalized spacial score (nSPS) is 12.8. The maximum absolute atomic E-state index is 11.6. The number of carbonyl (C=O) groups excluding carboxylic acids is 1. The zero-order chi connectivity index (χ0) is 12.0. The SMILES string of the molecule is CC(C)C[C@H](N)C(=O)NCCc1nccs1. The molecule has 0 aliphatic carbocycles. The Hall–Kier alpha value is -0.940. The second-order valence-corrected chi connectivity index (χ2v) is 5.18. The molecule has 16 heavy (non-hydrogen) atoms. The molecule has 1 aromatic rings. The lowest BCUT2D eigenvalue weighted by Gasteiger charge is -2.13. The van der Waals surface area contributed by atoms with Gasteiger partial charge in [0.2, 0.25) is 5.91 Å². The molecule has 0 radical (unpaired) electrons. The Bertz CT molecular complexity index is 311. The number of thiazole rings is 1. The standard InChI is InChI=1S/C11H19N3OS/c1-8(2)7-9(12)11(15)14-4-3-10-13-5-6-16-10/h5-6,8-9H,3-4,7,12H2,1-2H3,(H,14,15)/t9-/m0/s1. The van der Waals surface area contributed by atoms with E-state index in [0.717, 1.165) is 17.8 Å². The minimum Gasteiger partial charge on any atom is -0.354 e. The number of rotatable bonds is 6. The summed E-state index contributed by atoms with van der Waals surface area (Å²) in [5, 5.41) is 5.80. The van der Waals surface area contributed by atoms with E-state index in [9.17, 15) is 4.79 Å². The minimum absolute atomic E-state index is 0.0646. The highest BCUT2D eigenvalue weighted by Gasteiger charge is 2.14. The van der Waals surface area contributed by atoms with E-state index in [2.05, 4.69) is 24.1 Å². The Morgan fingerprint density at radius 1 is 1.62 bits per heavy atom. The molecule has 0 saturated heterocycles. The van der Waals surface area contributed by atoms with Crippen molar-refractivity contribution in [2.24, 2.45) is 11.7 Å². The summed E-state index contributed by atoms with van der Waals surface area (Å²) in [6.45, 7) is 4.73. The Labute approximate surface area is 100 Å². The Morgan fingerprint density at radius 3 is 2.94 bits per heavy atom. The van der Waals surface area contributed by atoms with Gasteiger partial charge in [0, 0.05) is 24.5 Å². The van der Waals surface area contributed by atoms with Crippen LogP contribution in [0.1, 0.15) is 25.3 Å². The Morgan fingerprint density at radius 2 is 2.38 bits per heavy atom. The van der Waals surface area contributed by atoms with Crippen LogP contribution in [0.2, 0.25) is 0 Å². The summed E-state index contributed by atoms with van der Waals surface area (Å²) in [5.74, 6) is 0.380. The van der Waals surface area contributed by atoms with Crippen molar-refractivity contribution in [3.05, 3.63) is 16.6 Å². The number of nitrogens with two attached hydrogens (primary N) is 1. The van der Waals surface area contributed by atoms with E-state index in [-0.39, 0.29) is 5.91 Å². The zero-order valence-electron chi connectivity index (χ0n) is 9.77. The van der Waals surface area contributed by atoms with Gasteiger partial charge in [-0.05, 0) is 12.3 Å². The molecule has 0 aliphatic heterocycles. The quantitative estimate of drug-likeness (QED) is 0.785. The first-order valence-electron chi connectivity index (χ1n) is 5.51. The first kappa shape index (κ1) is 13.1. The molecule has 0 aliphatic rings. The maximum atomic E-state index is 11.6. The highest BCUT2D eigenvalue weighted by Crippen LogP contribution is 2.04. The van der Waals surface area contributed by atoms with Crippen LogP contribution in [0.5, 0.6) is 0 Å². The van der Waals surface area contributed by atoms with Crippen molar-refractivity contribution in [2.45, 2.75) is 32.7 Å². The third kappa shape index (κ3) is 4.72. The van der Waals surface area contributed by atoms with E-state index in [1.165, 1.54) is 0 Å². The molecule has 0 bridgehead atoms. The Kier molecular flexibility index (Phi) is 5.42. The molecular weight excluding hydrogens is 222 g/mol. The number of nitrogens with one attached hydrogen (secondary N) is 1. The lowest BCUT2D eigenvalue weighted by atomic mass is 10.0. The van der Waals surface area contributed by atoms with Crippen molar-refractivity contribution in [3.8, 4) is 0 Å². The van der Waals surface area contributed by atoms with Crippen LogP contribution in [-0.2, 0) is 11.2 Å². The molecule has 4 nitrogen and oxygen atoms in total. The number of carbonyl (C=O) groups is 1. The fraction of sp³-hybridized carbons (Fsp3) is 0.636. The molecule has 3 N–H and O–H groups in total. The molecule has 0 spiro atoms. The zero-order valence-corrected chi connectivity index (χ0v) is 10.6. The number of aromatic nitrogens is 1. The maximum Gasteiger partial charge on any atom is 0.236 e. The van der Waals surface area contributed by atoms with Crippen molar-refractivity contribution < 1.29 is 4.79 Å². The molecule has 0 fully saturated rings. The average molecular weight is 241 g/mol. The van der Waals surface area contributed by atoms with Crippen LogP contribution in [0, 0.1) is 5.92 Å². The minimum atomic E-state index is -0.392. The highest BCUT2D eigenvalue weighted by atomic mass is 32.1. The molecule has 1 rings (SSSR count). The molecule has 0 unspecified atom stereocenters. The van der Waals surface area contributed by atoms with Crippen LogP contribution in [0.4, 0.5) is 0 Å². The first-order valence-corrected chi connectivity index (χ1v) is 6.39. The number of hydrogen-bond acceptors (Lipinski definition) is 4. The van der Waals surface area contributed by atoms with E-state index >= 15 is 0 Å². The smallest absolute Gasteiger partial charge is 0.236 e. The van der Waals surface area contributed by atoms with Gasteiger partial charge in [-0.3, -0.25) is 4.79 Å². The molecule has 90 valence electrons. The molecule has 0 aromatic carbocycles. The largest absolute Gasteiger partial charge is 0.354 e. The van der Waals surface area contributed by atoms with Gasteiger partial charge in [0.25, 0.3) is 0 Å². The fourth-order valence-corrected chi connectivity index (χ4v) is 2.04. The van der Waals surface area contributed by atoms with E-state index in [1.54, 1.807) is 17.5 Å². The van der Waals surface area contributed by atoms with Crippen molar-refractivity contribution in [2.75, 3.05) is 6.54 Å². The third-order valence-electron chi connectivity index (χ3n) is 2.18. The van der Waals surface area contributed by atoms with Crippen molar-refractivity contribution in [1.29, 1.82) is 0 Å². The molecule has 1 atom stereocenters. The highest BCUT2D eigenvalue weighted by molar-refractivity contribution is 7.09. The van der Waals surface area contributed by atoms with Gasteiger partial charge in [0.15, 0.2) is 0 Å². The predicted molar refractivity (Wildman–Crippen MR) is 66.3 cm³/mol. The van der Waals surface area contributed by atoms with E-state index < -0.39 is 6.04 Å². The Balaban J connectivity index is 2.19. The molecule has 1 heterocycles. The second-order valence-electron chi connectivity index (χ2n) is 4.20. The number of nitrogens with zero attached hydrogens (tertiary/aromatic N) is 1. The first-order chi connectivity index (χ1) is 7.59. The fourth-order valence-electron chi connectivity index (χ4n) is 1.42. The van der Waals surface area contributed by atoms with Gasteiger partial charge in [0.05, 0.1) is 11.0 Å². The summed E-state index contributed by atoms with van der Waals surface area (Å²) >= 11 is 1.60. The van der Waals surface area contributed by atoms with E-state index in [4.69, 9.17) is 5.73 Å². The van der Waals surface area contributed by atoms with Crippen molar-refractivity contribution in [1.82, 2.24) is 10.3 Å². The lowest BCUT2D eigenvalue weighted by molar-refractivity contribution is -0.122. The second kappa shape index (κ2) is 6.60. The monoisotopic (exact) mass is 241 g/mol. The molecule has 1 aromatic heterocycles. The topological polar surface area (TPSA) is 68.0 Å². The summed E-state index contributed by atoms with van der Waals surface area (Å²) < 4.78 is 0. The summed E-state index contributed by atoms with van der Waals surface area (Å²) in [4.78, 5) is 15.7. The van der Waals surface area contributed by atoms with E-state index in [0.29, 0.717) is 12.5 Å². The lowest BCUT2D eigenvalue weighted by Crippen LogP contribution is -2.42. The van der Waals surface area contributed by atoms with Gasteiger partial charge >= 0.3 is 0 Å². The van der Waals surface area contributed by atoms with Crippen molar-refractivity contribution in [3.63, 3.8) is 0 Å². The van der Waals surface area contributed by atoms with Crippen LogP contribution in [0.3, 0.4) is 0 Å².